The van der Waals surface area contributed by atoms with Gasteiger partial charge >= 0.3 is 6.18 Å². The van der Waals surface area contributed by atoms with Crippen LogP contribution in [0.5, 0.6) is 11.5 Å². The number of aromatic nitrogens is 6. The number of fused-ring (bicyclic) bond motifs is 2. The summed E-state index contributed by atoms with van der Waals surface area (Å²) in [5.74, 6) is 1.61. The minimum atomic E-state index is -4.49. The topological polar surface area (TPSA) is 97.4 Å². The van der Waals surface area contributed by atoms with Crippen LogP contribution in [-0.4, -0.2) is 54.7 Å². The lowest BCUT2D eigenvalue weighted by atomic mass is 10.0. The van der Waals surface area contributed by atoms with Gasteiger partial charge < -0.3 is 19.9 Å². The van der Waals surface area contributed by atoms with Gasteiger partial charge in [0, 0.05) is 25.8 Å². The predicted octanol–water partition coefficient (Wildman–Crippen LogP) is 6.03. The van der Waals surface area contributed by atoms with E-state index in [9.17, 15) is 13.2 Å². The van der Waals surface area contributed by atoms with Crippen LogP contribution in [-0.2, 0) is 13.2 Å². The van der Waals surface area contributed by atoms with Crippen molar-refractivity contribution in [3.8, 4) is 11.5 Å². The lowest BCUT2D eigenvalue weighted by Crippen LogP contribution is -2.18. The quantitative estimate of drug-likeness (QED) is 0.255. The molecule has 5 heterocycles. The zero-order valence-electron chi connectivity index (χ0n) is 21.8. The van der Waals surface area contributed by atoms with E-state index >= 15 is 0 Å². The summed E-state index contributed by atoms with van der Waals surface area (Å²) in [5.41, 5.74) is 1.55. The fraction of sp³-hybridized carbons (Fsp3) is 0.308. The molecule has 0 bridgehead atoms. The van der Waals surface area contributed by atoms with E-state index in [-0.39, 0.29) is 28.4 Å². The lowest BCUT2D eigenvalue weighted by molar-refractivity contribution is -0.137. The normalized spacial score (nSPS) is 16.2. The molecular weight excluding hydrogens is 547 g/mol. The Morgan fingerprint density at radius 1 is 1.07 bits per heavy atom. The zero-order chi connectivity index (χ0) is 28.2. The van der Waals surface area contributed by atoms with Crippen molar-refractivity contribution in [1.82, 2.24) is 34.0 Å². The van der Waals surface area contributed by atoms with Gasteiger partial charge in [0.05, 0.1) is 30.4 Å². The molecule has 0 radical (unpaired) electrons. The number of nitrogens with one attached hydrogen (secondary N) is 2. The third kappa shape index (κ3) is 4.64. The molecule has 1 saturated heterocycles. The molecule has 1 fully saturated rings. The molecule has 0 amide bonds. The van der Waals surface area contributed by atoms with Crippen LogP contribution in [0.2, 0.25) is 5.02 Å². The van der Waals surface area contributed by atoms with E-state index in [1.165, 1.54) is 12.3 Å². The number of hydrogen-bond donors (Lipinski definition) is 2. The molecule has 40 heavy (non-hydrogen) atoms. The number of rotatable bonds is 6. The minimum absolute atomic E-state index is 0.0842. The van der Waals surface area contributed by atoms with E-state index in [2.05, 4.69) is 35.6 Å². The Hall–Kier alpha value is -4.10. The molecule has 1 aliphatic heterocycles. The van der Waals surface area contributed by atoms with Crippen molar-refractivity contribution in [1.29, 1.82) is 0 Å². The fourth-order valence-corrected chi connectivity index (χ4v) is 5.32. The number of ether oxygens (including phenoxy) is 1. The number of hydrogen-bond acceptors (Lipinski definition) is 8. The van der Waals surface area contributed by atoms with Gasteiger partial charge in [-0.2, -0.15) is 23.3 Å². The summed E-state index contributed by atoms with van der Waals surface area (Å²) in [6.45, 7) is 0.839. The Bertz CT molecular complexity index is 1730. The Balaban J connectivity index is 1.34. The Labute approximate surface area is 231 Å². The number of anilines is 3. The smallest absolute Gasteiger partial charge is 0.416 e. The summed E-state index contributed by atoms with van der Waals surface area (Å²) in [6.07, 6.45) is 3.56. The number of likely N-dealkylation sites (tertiary alicyclic amines) is 1. The average Bonchev–Trinajstić information content (AvgIpc) is 3.62. The van der Waals surface area contributed by atoms with E-state index in [0.29, 0.717) is 33.8 Å². The first kappa shape index (κ1) is 26.1. The molecule has 5 aromatic rings. The first-order valence-electron chi connectivity index (χ1n) is 12.5. The highest BCUT2D eigenvalue weighted by Crippen LogP contribution is 2.39. The number of halogens is 4. The SMILES string of the molecule is CNc1cn2ncc(Oc3cnc4nc(Nc5cc([C@@H]6CCCN6C)cc(C(F)(F)F)c5)n(C)c4c3Cl)c2cn1. The number of pyridine rings is 1. The molecule has 0 aliphatic carbocycles. The van der Waals surface area contributed by atoms with Gasteiger partial charge in [-0.15, -0.1) is 0 Å². The Kier molecular flexibility index (Phi) is 6.42. The van der Waals surface area contributed by atoms with Crippen molar-refractivity contribution in [2.75, 3.05) is 31.3 Å². The number of aryl methyl sites for hydroxylation is 1. The van der Waals surface area contributed by atoms with Gasteiger partial charge in [0.1, 0.15) is 21.9 Å². The zero-order valence-corrected chi connectivity index (χ0v) is 22.5. The molecule has 0 spiro atoms. The van der Waals surface area contributed by atoms with Gasteiger partial charge in [-0.3, -0.25) is 4.90 Å². The molecule has 208 valence electrons. The molecule has 1 atom stereocenters. The minimum Gasteiger partial charge on any atom is -0.450 e. The molecule has 0 saturated carbocycles. The van der Waals surface area contributed by atoms with Crippen molar-refractivity contribution in [3.05, 3.63) is 59.1 Å². The molecule has 2 N–H and O–H groups in total. The fourth-order valence-electron chi connectivity index (χ4n) is 5.02. The molecular formula is C26H25ClF3N9O. The van der Waals surface area contributed by atoms with E-state index in [0.717, 1.165) is 25.5 Å². The Morgan fingerprint density at radius 2 is 1.90 bits per heavy atom. The monoisotopic (exact) mass is 571 g/mol. The molecule has 6 rings (SSSR count). The second-order valence-electron chi connectivity index (χ2n) is 9.67. The summed E-state index contributed by atoms with van der Waals surface area (Å²) in [7, 11) is 5.38. The van der Waals surface area contributed by atoms with Crippen molar-refractivity contribution >= 4 is 45.7 Å². The van der Waals surface area contributed by atoms with Crippen molar-refractivity contribution < 1.29 is 17.9 Å². The van der Waals surface area contributed by atoms with Crippen LogP contribution < -0.4 is 15.4 Å². The first-order chi connectivity index (χ1) is 19.1. The van der Waals surface area contributed by atoms with Crippen LogP contribution in [0, 0.1) is 0 Å². The highest BCUT2D eigenvalue weighted by Gasteiger charge is 2.33. The van der Waals surface area contributed by atoms with E-state index in [1.54, 1.807) is 47.8 Å². The second kappa shape index (κ2) is 9.82. The lowest BCUT2D eigenvalue weighted by Gasteiger charge is -2.22. The third-order valence-electron chi connectivity index (χ3n) is 7.09. The predicted molar refractivity (Wildman–Crippen MR) is 145 cm³/mol. The van der Waals surface area contributed by atoms with E-state index in [1.807, 2.05) is 7.05 Å². The highest BCUT2D eigenvalue weighted by molar-refractivity contribution is 6.36. The van der Waals surface area contributed by atoms with Gasteiger partial charge in [-0.25, -0.2) is 14.5 Å². The molecule has 4 aromatic heterocycles. The maximum atomic E-state index is 13.8. The first-order valence-corrected chi connectivity index (χ1v) is 12.9. The van der Waals surface area contributed by atoms with Crippen LogP contribution in [0.1, 0.15) is 30.0 Å². The van der Waals surface area contributed by atoms with Gasteiger partial charge in [-0.05, 0) is 50.2 Å². The number of imidazole rings is 1. The van der Waals surface area contributed by atoms with Gasteiger partial charge in [0.15, 0.2) is 17.1 Å². The molecule has 10 nitrogen and oxygen atoms in total. The van der Waals surface area contributed by atoms with Crippen LogP contribution in [0.15, 0.2) is 43.0 Å². The van der Waals surface area contributed by atoms with Crippen LogP contribution in [0.3, 0.4) is 0 Å². The van der Waals surface area contributed by atoms with Crippen molar-refractivity contribution in [2.24, 2.45) is 7.05 Å². The summed E-state index contributed by atoms with van der Waals surface area (Å²) >= 11 is 6.73. The standard InChI is InChI=1S/C26H25ClF3N9O/c1-31-21-13-39-18(10-32-21)19(12-34-39)40-20-11-33-24-23(22(20)27)38(3)25(36-24)35-16-8-14(17-5-4-6-37(17)2)7-15(9-16)26(28,29)30/h7-13,17,31H,4-6H2,1-3H3,(H,33,35,36)/t17-/m0/s1. The summed E-state index contributed by atoms with van der Waals surface area (Å²) in [6, 6.07) is 3.96. The largest absolute Gasteiger partial charge is 0.450 e. The summed E-state index contributed by atoms with van der Waals surface area (Å²) < 4.78 is 50.7. The Morgan fingerprint density at radius 3 is 2.62 bits per heavy atom. The number of benzene rings is 1. The maximum absolute atomic E-state index is 13.8. The van der Waals surface area contributed by atoms with E-state index < -0.39 is 11.7 Å². The third-order valence-corrected chi connectivity index (χ3v) is 7.46. The molecule has 14 heteroatoms. The number of alkyl halides is 3. The van der Waals surface area contributed by atoms with Crippen LogP contribution in [0.25, 0.3) is 16.7 Å². The van der Waals surface area contributed by atoms with Gasteiger partial charge in [0.2, 0.25) is 5.95 Å². The van der Waals surface area contributed by atoms with Gasteiger partial charge in [-0.1, -0.05) is 11.6 Å². The van der Waals surface area contributed by atoms with Crippen molar-refractivity contribution in [3.63, 3.8) is 0 Å². The van der Waals surface area contributed by atoms with Crippen molar-refractivity contribution in [2.45, 2.75) is 25.1 Å². The molecule has 1 aliphatic rings. The molecule has 1 aromatic carbocycles. The second-order valence-corrected chi connectivity index (χ2v) is 10.0. The van der Waals surface area contributed by atoms with E-state index in [4.69, 9.17) is 16.3 Å². The van der Waals surface area contributed by atoms with Crippen LogP contribution in [0.4, 0.5) is 30.6 Å². The number of nitrogens with zero attached hydrogens (tertiary/aromatic N) is 7. The van der Waals surface area contributed by atoms with Gasteiger partial charge in [0.25, 0.3) is 0 Å². The summed E-state index contributed by atoms with van der Waals surface area (Å²) in [4.78, 5) is 15.2. The highest BCUT2D eigenvalue weighted by atomic mass is 35.5. The summed E-state index contributed by atoms with van der Waals surface area (Å²) in [5, 5.41) is 10.5. The maximum Gasteiger partial charge on any atom is 0.416 e. The van der Waals surface area contributed by atoms with Crippen LogP contribution >= 0.6 is 11.6 Å². The molecule has 0 unspecified atom stereocenters. The average molecular weight is 572 g/mol.